The Morgan fingerprint density at radius 1 is 1.04 bits per heavy atom. The van der Waals surface area contributed by atoms with Crippen LogP contribution in [0.1, 0.15) is 5.56 Å². The van der Waals surface area contributed by atoms with E-state index in [1.807, 2.05) is 6.07 Å². The van der Waals surface area contributed by atoms with Crippen molar-refractivity contribution in [2.75, 3.05) is 19.8 Å². The van der Waals surface area contributed by atoms with Crippen LogP contribution in [-0.2, 0) is 9.53 Å². The third kappa shape index (κ3) is 5.32. The van der Waals surface area contributed by atoms with Gasteiger partial charge in [-0.3, -0.25) is 0 Å². The van der Waals surface area contributed by atoms with E-state index < -0.39 is 5.97 Å². The highest BCUT2D eigenvalue weighted by atomic mass is 19.1. The average molecular weight is 315 g/mol. The zero-order valence-corrected chi connectivity index (χ0v) is 12.2. The number of hydrogen-bond acceptors (Lipinski definition) is 5. The molecular weight excluding hydrogens is 301 g/mol. The SMILES string of the molecule is N#Cc1ccccc1OCC(=O)OCCOc1ccc(F)cc1. The van der Waals surface area contributed by atoms with Crippen LogP contribution in [0.4, 0.5) is 4.39 Å². The molecule has 23 heavy (non-hydrogen) atoms. The zero-order valence-electron chi connectivity index (χ0n) is 12.2. The third-order valence-corrected chi connectivity index (χ3v) is 2.78. The highest BCUT2D eigenvalue weighted by Crippen LogP contribution is 2.16. The van der Waals surface area contributed by atoms with Crippen molar-refractivity contribution in [1.82, 2.24) is 0 Å². The molecule has 2 aromatic rings. The molecule has 0 aromatic heterocycles. The molecule has 2 aromatic carbocycles. The summed E-state index contributed by atoms with van der Waals surface area (Å²) in [6.07, 6.45) is 0. The lowest BCUT2D eigenvalue weighted by molar-refractivity contribution is -0.146. The Morgan fingerprint density at radius 2 is 1.78 bits per heavy atom. The molecule has 0 radical (unpaired) electrons. The third-order valence-electron chi connectivity index (χ3n) is 2.78. The van der Waals surface area contributed by atoms with Crippen molar-refractivity contribution in [1.29, 1.82) is 5.26 Å². The second-order valence-corrected chi connectivity index (χ2v) is 4.42. The quantitative estimate of drug-likeness (QED) is 0.580. The molecule has 0 unspecified atom stereocenters. The molecule has 6 heteroatoms. The second kappa shape index (κ2) is 8.39. The monoisotopic (exact) mass is 315 g/mol. The molecule has 0 saturated carbocycles. The largest absolute Gasteiger partial charge is 0.490 e. The van der Waals surface area contributed by atoms with Crippen molar-refractivity contribution in [2.45, 2.75) is 0 Å². The van der Waals surface area contributed by atoms with Gasteiger partial charge >= 0.3 is 5.97 Å². The summed E-state index contributed by atoms with van der Waals surface area (Å²) in [5.74, 6) is -0.102. The first-order valence-electron chi connectivity index (χ1n) is 6.85. The Hall–Kier alpha value is -3.07. The summed E-state index contributed by atoms with van der Waals surface area (Å²) in [6, 6.07) is 14.1. The van der Waals surface area contributed by atoms with E-state index in [1.54, 1.807) is 24.3 Å². The van der Waals surface area contributed by atoms with Gasteiger partial charge in [-0.05, 0) is 36.4 Å². The Balaban J connectivity index is 1.67. The number of esters is 1. The van der Waals surface area contributed by atoms with Crippen LogP contribution >= 0.6 is 0 Å². The molecule has 0 N–H and O–H groups in total. The summed E-state index contributed by atoms with van der Waals surface area (Å²) in [7, 11) is 0. The summed E-state index contributed by atoms with van der Waals surface area (Å²) >= 11 is 0. The van der Waals surface area contributed by atoms with Crippen LogP contribution in [0.3, 0.4) is 0 Å². The minimum absolute atomic E-state index is 0.0411. The summed E-state index contributed by atoms with van der Waals surface area (Å²) < 4.78 is 28.2. The zero-order chi connectivity index (χ0) is 16.5. The average Bonchev–Trinajstić information content (AvgIpc) is 2.58. The fraction of sp³-hybridized carbons (Fsp3) is 0.176. The predicted molar refractivity (Wildman–Crippen MR) is 79.5 cm³/mol. The first kappa shape index (κ1) is 16.3. The van der Waals surface area contributed by atoms with E-state index in [1.165, 1.54) is 24.3 Å². The van der Waals surface area contributed by atoms with Crippen LogP contribution in [0.25, 0.3) is 0 Å². The van der Waals surface area contributed by atoms with Gasteiger partial charge < -0.3 is 14.2 Å². The van der Waals surface area contributed by atoms with Crippen LogP contribution in [0, 0.1) is 17.1 Å². The highest BCUT2D eigenvalue weighted by molar-refractivity contribution is 5.71. The lowest BCUT2D eigenvalue weighted by Gasteiger charge is -2.09. The van der Waals surface area contributed by atoms with Crippen molar-refractivity contribution in [3.63, 3.8) is 0 Å². The fourth-order valence-corrected chi connectivity index (χ4v) is 1.71. The molecule has 0 heterocycles. The van der Waals surface area contributed by atoms with Gasteiger partial charge in [0.25, 0.3) is 0 Å². The molecule has 0 aliphatic rings. The molecule has 0 atom stereocenters. The van der Waals surface area contributed by atoms with Gasteiger partial charge in [-0.25, -0.2) is 9.18 Å². The van der Waals surface area contributed by atoms with Crippen molar-refractivity contribution < 1.29 is 23.4 Å². The molecular formula is C17H14FNO4. The molecule has 0 bridgehead atoms. The Bertz CT molecular complexity index is 694. The molecule has 2 rings (SSSR count). The number of nitrogens with zero attached hydrogens (tertiary/aromatic N) is 1. The predicted octanol–water partition coefficient (Wildman–Crippen LogP) is 2.70. The summed E-state index contributed by atoms with van der Waals surface area (Å²) in [5, 5.41) is 8.90. The summed E-state index contributed by atoms with van der Waals surface area (Å²) in [4.78, 5) is 11.5. The first-order valence-corrected chi connectivity index (χ1v) is 6.85. The molecule has 0 aliphatic carbocycles. The van der Waals surface area contributed by atoms with Crippen LogP contribution in [0.5, 0.6) is 11.5 Å². The van der Waals surface area contributed by atoms with Crippen molar-refractivity contribution in [3.8, 4) is 17.6 Å². The number of ether oxygens (including phenoxy) is 3. The number of benzene rings is 2. The van der Waals surface area contributed by atoms with Gasteiger partial charge in [0.2, 0.25) is 0 Å². The molecule has 118 valence electrons. The Labute approximate surface area is 132 Å². The molecule has 0 spiro atoms. The van der Waals surface area contributed by atoms with Gasteiger partial charge in [0.05, 0.1) is 5.56 Å². The van der Waals surface area contributed by atoms with Gasteiger partial charge in [-0.2, -0.15) is 5.26 Å². The smallest absolute Gasteiger partial charge is 0.344 e. The number of halogens is 1. The molecule has 0 amide bonds. The van der Waals surface area contributed by atoms with E-state index in [4.69, 9.17) is 19.5 Å². The van der Waals surface area contributed by atoms with Crippen molar-refractivity contribution in [3.05, 3.63) is 59.9 Å². The van der Waals surface area contributed by atoms with Crippen LogP contribution < -0.4 is 9.47 Å². The number of hydrogen-bond donors (Lipinski definition) is 0. The van der Waals surface area contributed by atoms with Gasteiger partial charge in [-0.1, -0.05) is 12.1 Å². The van der Waals surface area contributed by atoms with Crippen LogP contribution in [0.2, 0.25) is 0 Å². The normalized spacial score (nSPS) is 9.74. The maximum absolute atomic E-state index is 12.7. The topological polar surface area (TPSA) is 68.5 Å². The number of rotatable bonds is 7. The molecule has 0 saturated heterocycles. The van der Waals surface area contributed by atoms with Crippen molar-refractivity contribution >= 4 is 5.97 Å². The Kier molecular flexibility index (Phi) is 5.95. The summed E-state index contributed by atoms with van der Waals surface area (Å²) in [6.45, 7) is -0.110. The maximum Gasteiger partial charge on any atom is 0.344 e. The minimum Gasteiger partial charge on any atom is -0.490 e. The first-order chi connectivity index (χ1) is 11.2. The van der Waals surface area contributed by atoms with Crippen LogP contribution in [-0.4, -0.2) is 25.8 Å². The van der Waals surface area contributed by atoms with E-state index >= 15 is 0 Å². The lowest BCUT2D eigenvalue weighted by Crippen LogP contribution is -2.18. The number of carbonyl (C=O) groups excluding carboxylic acids is 1. The molecule has 0 fully saturated rings. The summed E-state index contributed by atoms with van der Waals surface area (Å²) in [5.41, 5.74) is 0.347. The molecule has 0 aliphatic heterocycles. The van der Waals surface area contributed by atoms with Gasteiger partial charge in [0.15, 0.2) is 6.61 Å². The van der Waals surface area contributed by atoms with Crippen molar-refractivity contribution in [2.24, 2.45) is 0 Å². The second-order valence-electron chi connectivity index (χ2n) is 4.42. The van der Waals surface area contributed by atoms with E-state index in [9.17, 15) is 9.18 Å². The highest BCUT2D eigenvalue weighted by Gasteiger charge is 2.07. The van der Waals surface area contributed by atoms with Crippen LogP contribution in [0.15, 0.2) is 48.5 Å². The number of carbonyl (C=O) groups is 1. The van der Waals surface area contributed by atoms with Gasteiger partial charge in [0.1, 0.15) is 36.6 Å². The fourth-order valence-electron chi connectivity index (χ4n) is 1.71. The van der Waals surface area contributed by atoms with E-state index in [-0.39, 0.29) is 25.6 Å². The number of nitriles is 1. The standard InChI is InChI=1S/C17H14FNO4/c18-14-5-7-15(8-6-14)21-9-10-22-17(20)12-23-16-4-2-1-3-13(16)11-19/h1-8H,9-10,12H2. The lowest BCUT2D eigenvalue weighted by atomic mass is 10.2. The van der Waals surface area contributed by atoms with Gasteiger partial charge in [0, 0.05) is 0 Å². The van der Waals surface area contributed by atoms with E-state index in [0.717, 1.165) is 0 Å². The molecule has 5 nitrogen and oxygen atoms in total. The van der Waals surface area contributed by atoms with E-state index in [2.05, 4.69) is 0 Å². The van der Waals surface area contributed by atoms with E-state index in [0.29, 0.717) is 17.1 Å². The minimum atomic E-state index is -0.569. The number of para-hydroxylation sites is 1. The maximum atomic E-state index is 12.7. The van der Waals surface area contributed by atoms with Gasteiger partial charge in [-0.15, -0.1) is 0 Å². The Morgan fingerprint density at radius 3 is 2.52 bits per heavy atom.